The van der Waals surface area contributed by atoms with Crippen molar-refractivity contribution in [2.45, 2.75) is 20.8 Å². The molecule has 0 bridgehead atoms. The molecule has 2 rings (SSSR count). The highest BCUT2D eigenvalue weighted by molar-refractivity contribution is 6.10. The average Bonchev–Trinajstić information content (AvgIpc) is 2.56. The van der Waals surface area contributed by atoms with Crippen LogP contribution in [-0.2, 0) is 0 Å². The Hall–Kier alpha value is -2.95. The minimum Gasteiger partial charge on any atom is -0.257 e. The molecule has 0 amide bonds. The van der Waals surface area contributed by atoms with Crippen molar-refractivity contribution in [1.29, 1.82) is 0 Å². The zero-order valence-corrected chi connectivity index (χ0v) is 13.7. The third-order valence-electron chi connectivity index (χ3n) is 3.52. The Bertz CT molecular complexity index is 727. The van der Waals surface area contributed by atoms with E-state index in [-0.39, 0.29) is 0 Å². The van der Waals surface area contributed by atoms with Crippen molar-refractivity contribution < 1.29 is 0 Å². The first-order valence-electron chi connectivity index (χ1n) is 7.29. The normalized spacial score (nSPS) is 18.5. The molecule has 0 atom stereocenters. The highest BCUT2D eigenvalue weighted by Gasteiger charge is 2.20. The summed E-state index contributed by atoms with van der Waals surface area (Å²) in [6.45, 7) is 13.4. The van der Waals surface area contributed by atoms with Crippen LogP contribution in [0.2, 0.25) is 0 Å². The summed E-state index contributed by atoms with van der Waals surface area (Å²) in [5, 5.41) is 6.01. The fourth-order valence-corrected chi connectivity index (χ4v) is 2.19. The predicted octanol–water partition coefficient (Wildman–Crippen LogP) is 3.66. The van der Waals surface area contributed by atoms with E-state index in [4.69, 9.17) is 0 Å². The van der Waals surface area contributed by atoms with Gasteiger partial charge >= 0.3 is 0 Å². The molecular formula is C18H21N5. The lowest BCUT2D eigenvalue weighted by Crippen LogP contribution is -2.34. The van der Waals surface area contributed by atoms with Gasteiger partial charge in [0.25, 0.3) is 0 Å². The Morgan fingerprint density at radius 2 is 2.09 bits per heavy atom. The standard InChI is InChI=1S/C18H21N5/c1-6-8-9-17(19-7-2)15(5)14(4)16-11-21-22-23-12-13(3)10-20-18(16)23/h6-12,22H,1-2H2,3-5H3/b9-8-,15-14+,19-17?. The van der Waals surface area contributed by atoms with Gasteiger partial charge in [-0.2, -0.15) is 5.10 Å². The molecule has 2 heterocycles. The van der Waals surface area contributed by atoms with Gasteiger partial charge in [-0.1, -0.05) is 25.3 Å². The van der Waals surface area contributed by atoms with Crippen molar-refractivity contribution in [2.75, 3.05) is 0 Å². The third kappa shape index (κ3) is 3.63. The summed E-state index contributed by atoms with van der Waals surface area (Å²) in [6, 6.07) is 0. The van der Waals surface area contributed by atoms with Gasteiger partial charge in [-0.3, -0.25) is 4.99 Å². The molecule has 0 radical (unpaired) electrons. The Morgan fingerprint density at radius 1 is 1.30 bits per heavy atom. The first-order valence-corrected chi connectivity index (χ1v) is 7.29. The van der Waals surface area contributed by atoms with Gasteiger partial charge in [0.2, 0.25) is 0 Å². The van der Waals surface area contributed by atoms with Gasteiger partial charge in [0.05, 0.1) is 11.9 Å². The van der Waals surface area contributed by atoms with Crippen LogP contribution in [0.3, 0.4) is 0 Å². The van der Waals surface area contributed by atoms with E-state index in [0.717, 1.165) is 33.8 Å². The molecular weight excluding hydrogens is 286 g/mol. The Labute approximate surface area is 137 Å². The van der Waals surface area contributed by atoms with Crippen LogP contribution in [0.15, 0.2) is 87.0 Å². The third-order valence-corrected chi connectivity index (χ3v) is 3.52. The van der Waals surface area contributed by atoms with Crippen molar-refractivity contribution >= 4 is 18.1 Å². The second-order valence-corrected chi connectivity index (χ2v) is 5.14. The summed E-state index contributed by atoms with van der Waals surface area (Å²) in [6.07, 6.45) is 12.6. The van der Waals surface area contributed by atoms with E-state index >= 15 is 0 Å². The number of hydrogen-bond acceptors (Lipinski definition) is 5. The van der Waals surface area contributed by atoms with Crippen LogP contribution in [0, 0.1) is 0 Å². The van der Waals surface area contributed by atoms with Gasteiger partial charge < -0.3 is 0 Å². The molecule has 0 aromatic heterocycles. The molecule has 23 heavy (non-hydrogen) atoms. The van der Waals surface area contributed by atoms with E-state index in [0.29, 0.717) is 0 Å². The van der Waals surface area contributed by atoms with Gasteiger partial charge in [0, 0.05) is 24.2 Å². The quantitative estimate of drug-likeness (QED) is 0.622. The van der Waals surface area contributed by atoms with Gasteiger partial charge in [-0.15, -0.1) is 0 Å². The zero-order valence-electron chi connectivity index (χ0n) is 13.7. The van der Waals surface area contributed by atoms with Gasteiger partial charge in [0.15, 0.2) is 5.82 Å². The molecule has 0 aliphatic carbocycles. The number of rotatable bonds is 5. The maximum atomic E-state index is 4.51. The van der Waals surface area contributed by atoms with Crippen LogP contribution < -0.4 is 5.53 Å². The maximum Gasteiger partial charge on any atom is 0.161 e. The SMILES string of the molecule is C=C/C=C\C(=NC=C)/C(C)=C(\C)C1=C2N=CC(C)=CN2NN=C1. The van der Waals surface area contributed by atoms with Crippen LogP contribution in [0.25, 0.3) is 0 Å². The van der Waals surface area contributed by atoms with Crippen LogP contribution in [0.1, 0.15) is 20.8 Å². The van der Waals surface area contributed by atoms with Crippen molar-refractivity contribution in [3.05, 3.63) is 71.9 Å². The monoisotopic (exact) mass is 307 g/mol. The highest BCUT2D eigenvalue weighted by Crippen LogP contribution is 2.25. The van der Waals surface area contributed by atoms with E-state index in [1.165, 1.54) is 6.20 Å². The molecule has 5 nitrogen and oxygen atoms in total. The molecule has 0 aromatic carbocycles. The first-order chi connectivity index (χ1) is 11.1. The molecule has 118 valence electrons. The summed E-state index contributed by atoms with van der Waals surface area (Å²) in [7, 11) is 0. The van der Waals surface area contributed by atoms with Crippen LogP contribution >= 0.6 is 0 Å². The molecule has 0 spiro atoms. The lowest BCUT2D eigenvalue weighted by Gasteiger charge is -2.28. The molecule has 0 aromatic rings. The number of nitrogens with zero attached hydrogens (tertiary/aromatic N) is 4. The topological polar surface area (TPSA) is 52.4 Å². The number of nitrogens with one attached hydrogen (secondary N) is 1. The van der Waals surface area contributed by atoms with Crippen molar-refractivity contribution in [3.8, 4) is 0 Å². The Balaban J connectivity index is 2.50. The Kier molecular flexibility index (Phi) is 5.25. The minimum atomic E-state index is 0.813. The van der Waals surface area contributed by atoms with Crippen LogP contribution in [0.5, 0.6) is 0 Å². The number of aliphatic imine (C=N–C) groups is 2. The van der Waals surface area contributed by atoms with Crippen molar-refractivity contribution in [2.24, 2.45) is 15.1 Å². The molecule has 0 saturated carbocycles. The molecule has 2 aliphatic heterocycles. The van der Waals surface area contributed by atoms with Crippen molar-refractivity contribution in [3.63, 3.8) is 0 Å². The molecule has 0 saturated heterocycles. The lowest BCUT2D eigenvalue weighted by atomic mass is 9.98. The highest BCUT2D eigenvalue weighted by atomic mass is 15.7. The van der Waals surface area contributed by atoms with Crippen molar-refractivity contribution in [1.82, 2.24) is 10.5 Å². The molecule has 5 heteroatoms. The zero-order chi connectivity index (χ0) is 16.8. The smallest absolute Gasteiger partial charge is 0.161 e. The van der Waals surface area contributed by atoms with E-state index < -0.39 is 0 Å². The van der Waals surface area contributed by atoms with E-state index in [9.17, 15) is 0 Å². The molecule has 0 fully saturated rings. The first kappa shape index (κ1) is 16.4. The lowest BCUT2D eigenvalue weighted by molar-refractivity contribution is 0.333. The summed E-state index contributed by atoms with van der Waals surface area (Å²) in [5.41, 5.74) is 7.83. The number of hydrogen-bond donors (Lipinski definition) is 1. The summed E-state index contributed by atoms with van der Waals surface area (Å²) in [4.78, 5) is 8.85. The fourth-order valence-electron chi connectivity index (χ4n) is 2.19. The summed E-state index contributed by atoms with van der Waals surface area (Å²) >= 11 is 0. The largest absolute Gasteiger partial charge is 0.257 e. The van der Waals surface area contributed by atoms with E-state index in [1.807, 2.05) is 50.3 Å². The summed E-state index contributed by atoms with van der Waals surface area (Å²) in [5.74, 6) is 0.813. The van der Waals surface area contributed by atoms with E-state index in [2.05, 4.69) is 33.8 Å². The van der Waals surface area contributed by atoms with E-state index in [1.54, 1.807) is 12.3 Å². The number of hydrazine groups is 1. The van der Waals surface area contributed by atoms with Crippen LogP contribution in [0.4, 0.5) is 0 Å². The number of fused-ring (bicyclic) bond motifs is 1. The molecule has 0 unspecified atom stereocenters. The summed E-state index contributed by atoms with van der Waals surface area (Å²) < 4.78 is 0. The minimum absolute atomic E-state index is 0.813. The molecule has 2 aliphatic rings. The van der Waals surface area contributed by atoms with Gasteiger partial charge in [0.1, 0.15) is 0 Å². The number of allylic oxidation sites excluding steroid dienone is 7. The average molecular weight is 307 g/mol. The fraction of sp³-hybridized carbons (Fsp3) is 0.167. The molecule has 1 N–H and O–H groups in total. The van der Waals surface area contributed by atoms with Gasteiger partial charge in [-0.25, -0.2) is 15.5 Å². The Morgan fingerprint density at radius 3 is 2.78 bits per heavy atom. The van der Waals surface area contributed by atoms with Crippen LogP contribution in [-0.4, -0.2) is 23.1 Å². The van der Waals surface area contributed by atoms with Gasteiger partial charge in [-0.05, 0) is 43.6 Å². The second-order valence-electron chi connectivity index (χ2n) is 5.14. The number of hydrazone groups is 1. The maximum absolute atomic E-state index is 4.51. The second kappa shape index (κ2) is 7.35. The predicted molar refractivity (Wildman–Crippen MR) is 98.1 cm³/mol.